The summed E-state index contributed by atoms with van der Waals surface area (Å²) < 4.78 is 5.30. The van der Waals surface area contributed by atoms with Crippen molar-refractivity contribution in [2.24, 2.45) is 5.92 Å². The van der Waals surface area contributed by atoms with Crippen molar-refractivity contribution >= 4 is 12.0 Å². The summed E-state index contributed by atoms with van der Waals surface area (Å²) in [6.07, 6.45) is -0.867. The minimum absolute atomic E-state index is 0.242. The zero-order valence-corrected chi connectivity index (χ0v) is 14.4. The fourth-order valence-corrected chi connectivity index (χ4v) is 2.68. The number of benzene rings is 1. The molecule has 0 saturated carbocycles. The summed E-state index contributed by atoms with van der Waals surface area (Å²) in [6, 6.07) is 9.52. The van der Waals surface area contributed by atoms with Crippen LogP contribution in [0.25, 0.3) is 0 Å². The SMILES string of the molecule is CC(C)C[C@@H](O)C(=O)N1CCN(C(=O)OCc2ccccc2)CC1. The highest BCUT2D eigenvalue weighted by Crippen LogP contribution is 2.11. The lowest BCUT2D eigenvalue weighted by atomic mass is 10.0. The number of rotatable bonds is 5. The minimum Gasteiger partial charge on any atom is -0.445 e. The average Bonchev–Trinajstić information content (AvgIpc) is 2.59. The Morgan fingerprint density at radius 3 is 2.25 bits per heavy atom. The standard InChI is InChI=1S/C18H26N2O4/c1-14(2)12-16(21)17(22)19-8-10-20(11-9-19)18(23)24-13-15-6-4-3-5-7-15/h3-7,14,16,21H,8-13H2,1-2H3/t16-/m1/s1. The topological polar surface area (TPSA) is 70.1 Å². The highest BCUT2D eigenvalue weighted by Gasteiger charge is 2.28. The van der Waals surface area contributed by atoms with Crippen molar-refractivity contribution in [3.05, 3.63) is 35.9 Å². The van der Waals surface area contributed by atoms with Gasteiger partial charge >= 0.3 is 6.09 Å². The molecule has 1 saturated heterocycles. The Kier molecular flexibility index (Phi) is 6.61. The van der Waals surface area contributed by atoms with Crippen molar-refractivity contribution < 1.29 is 19.4 Å². The highest BCUT2D eigenvalue weighted by molar-refractivity contribution is 5.81. The van der Waals surface area contributed by atoms with E-state index in [0.717, 1.165) is 5.56 Å². The second kappa shape index (κ2) is 8.68. The zero-order valence-electron chi connectivity index (χ0n) is 14.4. The number of amides is 2. The van der Waals surface area contributed by atoms with Crippen molar-refractivity contribution in [1.29, 1.82) is 0 Å². The minimum atomic E-state index is -0.957. The van der Waals surface area contributed by atoms with Gasteiger partial charge < -0.3 is 19.6 Å². The summed E-state index contributed by atoms with van der Waals surface area (Å²) in [5.41, 5.74) is 0.941. The van der Waals surface area contributed by atoms with Crippen molar-refractivity contribution in [2.75, 3.05) is 26.2 Å². The van der Waals surface area contributed by atoms with Crippen molar-refractivity contribution in [2.45, 2.75) is 33.0 Å². The van der Waals surface area contributed by atoms with Crippen molar-refractivity contribution in [1.82, 2.24) is 9.80 Å². The first-order valence-corrected chi connectivity index (χ1v) is 8.40. The Hall–Kier alpha value is -2.08. The first kappa shape index (κ1) is 18.3. The highest BCUT2D eigenvalue weighted by atomic mass is 16.6. The number of carbonyl (C=O) groups excluding carboxylic acids is 2. The summed E-state index contributed by atoms with van der Waals surface area (Å²) >= 11 is 0. The largest absolute Gasteiger partial charge is 0.445 e. The molecule has 1 heterocycles. The van der Waals surface area contributed by atoms with Gasteiger partial charge in [0.2, 0.25) is 0 Å². The van der Waals surface area contributed by atoms with Gasteiger partial charge in [-0.2, -0.15) is 0 Å². The smallest absolute Gasteiger partial charge is 0.410 e. The van der Waals surface area contributed by atoms with E-state index in [9.17, 15) is 14.7 Å². The van der Waals surface area contributed by atoms with Crippen LogP contribution in [0.2, 0.25) is 0 Å². The van der Waals surface area contributed by atoms with Gasteiger partial charge in [0.05, 0.1) is 0 Å². The molecule has 0 radical (unpaired) electrons. The molecule has 1 fully saturated rings. The van der Waals surface area contributed by atoms with Crippen LogP contribution < -0.4 is 0 Å². The molecule has 0 unspecified atom stereocenters. The van der Waals surface area contributed by atoms with E-state index >= 15 is 0 Å². The van der Waals surface area contributed by atoms with Crippen LogP contribution in [0.5, 0.6) is 0 Å². The van der Waals surface area contributed by atoms with Gasteiger partial charge in [-0.3, -0.25) is 4.79 Å². The summed E-state index contributed by atoms with van der Waals surface area (Å²) in [5, 5.41) is 9.93. The third kappa shape index (κ3) is 5.23. The monoisotopic (exact) mass is 334 g/mol. The van der Waals surface area contributed by atoms with Gasteiger partial charge in [-0.15, -0.1) is 0 Å². The van der Waals surface area contributed by atoms with Gasteiger partial charge in [-0.25, -0.2) is 4.79 Å². The molecule has 0 spiro atoms. The molecule has 0 aromatic heterocycles. The number of hydrogen-bond acceptors (Lipinski definition) is 4. The maximum absolute atomic E-state index is 12.2. The summed E-state index contributed by atoms with van der Waals surface area (Å²) in [5.74, 6) is 0.0132. The maximum Gasteiger partial charge on any atom is 0.410 e. The van der Waals surface area contributed by atoms with E-state index in [2.05, 4.69) is 0 Å². The van der Waals surface area contributed by atoms with Gasteiger partial charge in [-0.05, 0) is 17.9 Å². The van der Waals surface area contributed by atoms with E-state index < -0.39 is 6.10 Å². The van der Waals surface area contributed by atoms with E-state index in [1.54, 1.807) is 9.80 Å². The van der Waals surface area contributed by atoms with Crippen LogP contribution in [0.15, 0.2) is 30.3 Å². The second-order valence-electron chi connectivity index (χ2n) is 6.50. The molecule has 0 bridgehead atoms. The number of carbonyl (C=O) groups is 2. The molecule has 24 heavy (non-hydrogen) atoms. The lowest BCUT2D eigenvalue weighted by Gasteiger charge is -2.35. The normalized spacial score (nSPS) is 16.2. The second-order valence-corrected chi connectivity index (χ2v) is 6.50. The van der Waals surface area contributed by atoms with Gasteiger partial charge in [0.15, 0.2) is 0 Å². The molecule has 1 atom stereocenters. The Balaban J connectivity index is 1.75. The number of ether oxygens (including phenoxy) is 1. The number of aliphatic hydroxyl groups excluding tert-OH is 1. The van der Waals surface area contributed by atoms with Crippen LogP contribution in [-0.2, 0) is 16.1 Å². The fourth-order valence-electron chi connectivity index (χ4n) is 2.68. The molecule has 2 amide bonds. The quantitative estimate of drug-likeness (QED) is 0.892. The molecule has 1 aromatic carbocycles. The molecule has 2 rings (SSSR count). The Morgan fingerprint density at radius 2 is 1.67 bits per heavy atom. The molecule has 132 valence electrons. The van der Waals surface area contributed by atoms with Crippen LogP contribution in [0, 0.1) is 5.92 Å². The van der Waals surface area contributed by atoms with E-state index in [1.807, 2.05) is 44.2 Å². The molecule has 6 nitrogen and oxygen atoms in total. The lowest BCUT2D eigenvalue weighted by molar-refractivity contribution is -0.142. The summed E-state index contributed by atoms with van der Waals surface area (Å²) in [4.78, 5) is 27.5. The predicted molar refractivity (Wildman–Crippen MR) is 90.2 cm³/mol. The average molecular weight is 334 g/mol. The van der Waals surface area contributed by atoms with Crippen molar-refractivity contribution in [3.63, 3.8) is 0 Å². The summed E-state index contributed by atoms with van der Waals surface area (Å²) in [6.45, 7) is 5.88. The van der Waals surface area contributed by atoms with Gasteiger partial charge in [-0.1, -0.05) is 44.2 Å². The molecule has 1 aliphatic rings. The van der Waals surface area contributed by atoms with Crippen LogP contribution in [0.3, 0.4) is 0 Å². The van der Waals surface area contributed by atoms with E-state index in [1.165, 1.54) is 0 Å². The van der Waals surface area contributed by atoms with Crippen LogP contribution in [0.4, 0.5) is 4.79 Å². The molecular formula is C18H26N2O4. The molecule has 1 aliphatic heterocycles. The van der Waals surface area contributed by atoms with Gasteiger partial charge in [0.1, 0.15) is 12.7 Å². The van der Waals surface area contributed by atoms with Crippen LogP contribution in [-0.4, -0.2) is 59.2 Å². The molecule has 1 N–H and O–H groups in total. The Labute approximate surface area is 143 Å². The first-order chi connectivity index (χ1) is 11.5. The molecule has 0 aliphatic carbocycles. The molecule has 6 heteroatoms. The Morgan fingerprint density at radius 1 is 1.08 bits per heavy atom. The van der Waals surface area contributed by atoms with E-state index in [4.69, 9.17) is 4.74 Å². The van der Waals surface area contributed by atoms with Crippen LogP contribution in [0.1, 0.15) is 25.8 Å². The van der Waals surface area contributed by atoms with E-state index in [-0.39, 0.29) is 24.5 Å². The predicted octanol–water partition coefficient (Wildman–Crippen LogP) is 1.87. The number of piperazine rings is 1. The third-order valence-corrected chi connectivity index (χ3v) is 4.03. The van der Waals surface area contributed by atoms with E-state index in [0.29, 0.717) is 32.6 Å². The number of nitrogens with zero attached hydrogens (tertiary/aromatic N) is 2. The summed E-state index contributed by atoms with van der Waals surface area (Å²) in [7, 11) is 0. The fraction of sp³-hybridized carbons (Fsp3) is 0.556. The maximum atomic E-state index is 12.2. The van der Waals surface area contributed by atoms with Gasteiger partial charge in [0, 0.05) is 26.2 Å². The molecule has 1 aromatic rings. The third-order valence-electron chi connectivity index (χ3n) is 4.03. The van der Waals surface area contributed by atoms with Gasteiger partial charge in [0.25, 0.3) is 5.91 Å². The lowest BCUT2D eigenvalue weighted by Crippen LogP contribution is -2.53. The molecular weight excluding hydrogens is 308 g/mol. The number of aliphatic hydroxyl groups is 1. The first-order valence-electron chi connectivity index (χ1n) is 8.40. The van der Waals surface area contributed by atoms with Crippen molar-refractivity contribution in [3.8, 4) is 0 Å². The Bertz CT molecular complexity index is 539. The zero-order chi connectivity index (χ0) is 17.5. The number of hydrogen-bond donors (Lipinski definition) is 1. The van der Waals surface area contributed by atoms with Crippen LogP contribution >= 0.6 is 0 Å².